The number of nitrogens with zero attached hydrogens (tertiary/aromatic N) is 1. The van der Waals surface area contributed by atoms with Gasteiger partial charge in [0.25, 0.3) is 0 Å². The second kappa shape index (κ2) is 6.16. The Morgan fingerprint density at radius 1 is 1.37 bits per heavy atom. The van der Waals surface area contributed by atoms with E-state index in [-0.39, 0.29) is 11.7 Å². The number of rotatable bonds is 3. The maximum absolute atomic E-state index is 13.4. The van der Waals surface area contributed by atoms with Gasteiger partial charge < -0.3 is 10.2 Å². The Morgan fingerprint density at radius 2 is 2.11 bits per heavy atom. The van der Waals surface area contributed by atoms with E-state index in [2.05, 4.69) is 21.2 Å². The SMILES string of the molecule is CN(Cc1ccc(Br)s1)C(=O)Nc1ccccc1F. The third-order valence-electron chi connectivity index (χ3n) is 2.48. The van der Waals surface area contributed by atoms with Gasteiger partial charge >= 0.3 is 6.03 Å². The number of hydrogen-bond donors (Lipinski definition) is 1. The van der Waals surface area contributed by atoms with Crippen LogP contribution in [0.1, 0.15) is 4.88 Å². The van der Waals surface area contributed by atoms with Gasteiger partial charge in [-0.15, -0.1) is 11.3 Å². The van der Waals surface area contributed by atoms with Gasteiger partial charge in [-0.2, -0.15) is 0 Å². The van der Waals surface area contributed by atoms with Crippen molar-refractivity contribution in [3.8, 4) is 0 Å². The van der Waals surface area contributed by atoms with Crippen molar-refractivity contribution in [2.24, 2.45) is 0 Å². The van der Waals surface area contributed by atoms with E-state index in [0.29, 0.717) is 6.54 Å². The Labute approximate surface area is 123 Å². The van der Waals surface area contributed by atoms with Crippen molar-refractivity contribution in [2.75, 3.05) is 12.4 Å². The number of benzene rings is 1. The summed E-state index contributed by atoms with van der Waals surface area (Å²) in [5, 5.41) is 2.54. The number of urea groups is 1. The molecule has 100 valence electrons. The lowest BCUT2D eigenvalue weighted by molar-refractivity contribution is 0.221. The summed E-state index contributed by atoms with van der Waals surface area (Å²) < 4.78 is 14.4. The zero-order chi connectivity index (χ0) is 13.8. The first kappa shape index (κ1) is 14.0. The monoisotopic (exact) mass is 342 g/mol. The molecule has 0 aliphatic rings. The highest BCUT2D eigenvalue weighted by atomic mass is 79.9. The number of hydrogen-bond acceptors (Lipinski definition) is 2. The summed E-state index contributed by atoms with van der Waals surface area (Å²) in [7, 11) is 1.67. The summed E-state index contributed by atoms with van der Waals surface area (Å²) in [5.41, 5.74) is 0.187. The predicted octanol–water partition coefficient (Wildman–Crippen LogP) is 4.31. The molecule has 0 saturated carbocycles. The first-order chi connectivity index (χ1) is 9.06. The van der Waals surface area contributed by atoms with Gasteiger partial charge in [-0.25, -0.2) is 9.18 Å². The molecule has 0 atom stereocenters. The van der Waals surface area contributed by atoms with E-state index in [4.69, 9.17) is 0 Å². The molecule has 0 aliphatic heterocycles. The van der Waals surface area contributed by atoms with Crippen molar-refractivity contribution in [1.29, 1.82) is 0 Å². The Balaban J connectivity index is 1.98. The van der Waals surface area contributed by atoms with Gasteiger partial charge in [0.05, 0.1) is 16.0 Å². The van der Waals surface area contributed by atoms with Crippen LogP contribution in [0.25, 0.3) is 0 Å². The summed E-state index contributed by atoms with van der Waals surface area (Å²) in [6.07, 6.45) is 0. The number of carbonyl (C=O) groups excluding carboxylic acids is 1. The summed E-state index contributed by atoms with van der Waals surface area (Å²) in [6.45, 7) is 0.483. The van der Waals surface area contributed by atoms with Gasteiger partial charge in [0.1, 0.15) is 5.82 Å². The molecule has 0 radical (unpaired) electrons. The minimum Gasteiger partial charge on any atom is -0.322 e. The minimum absolute atomic E-state index is 0.187. The molecule has 1 heterocycles. The van der Waals surface area contributed by atoms with Gasteiger partial charge in [-0.3, -0.25) is 0 Å². The van der Waals surface area contributed by atoms with E-state index in [0.717, 1.165) is 8.66 Å². The number of carbonyl (C=O) groups is 1. The molecule has 2 amide bonds. The lowest BCUT2D eigenvalue weighted by Crippen LogP contribution is -2.30. The molecule has 0 aliphatic carbocycles. The van der Waals surface area contributed by atoms with Gasteiger partial charge in [0, 0.05) is 11.9 Å². The fourth-order valence-corrected chi connectivity index (χ4v) is 3.05. The van der Waals surface area contributed by atoms with Crippen LogP contribution in [0.5, 0.6) is 0 Å². The first-order valence-electron chi connectivity index (χ1n) is 5.57. The third-order valence-corrected chi connectivity index (χ3v) is 4.09. The van der Waals surface area contributed by atoms with Crippen LogP contribution >= 0.6 is 27.3 Å². The largest absolute Gasteiger partial charge is 0.322 e. The Kier molecular flexibility index (Phi) is 4.55. The standard InChI is InChI=1S/C13H12BrFN2OS/c1-17(8-9-6-7-12(14)19-9)13(18)16-11-5-3-2-4-10(11)15/h2-7H,8H2,1H3,(H,16,18). The molecule has 3 nitrogen and oxygen atoms in total. The highest BCUT2D eigenvalue weighted by Gasteiger charge is 2.12. The van der Waals surface area contributed by atoms with Crippen molar-refractivity contribution in [3.05, 3.63) is 50.9 Å². The first-order valence-corrected chi connectivity index (χ1v) is 7.18. The average Bonchev–Trinajstić information content (AvgIpc) is 2.77. The molecule has 2 aromatic rings. The lowest BCUT2D eigenvalue weighted by atomic mass is 10.3. The molecule has 1 aromatic heterocycles. The predicted molar refractivity (Wildman–Crippen MR) is 78.9 cm³/mol. The van der Waals surface area contributed by atoms with Gasteiger partial charge in [0.15, 0.2) is 0 Å². The van der Waals surface area contributed by atoms with Crippen molar-refractivity contribution in [1.82, 2.24) is 4.90 Å². The lowest BCUT2D eigenvalue weighted by Gasteiger charge is -2.17. The fraction of sp³-hybridized carbons (Fsp3) is 0.154. The second-order valence-corrected chi connectivity index (χ2v) is 6.52. The zero-order valence-corrected chi connectivity index (χ0v) is 12.6. The maximum Gasteiger partial charge on any atom is 0.321 e. The van der Waals surface area contributed by atoms with Gasteiger partial charge in [-0.1, -0.05) is 12.1 Å². The Bertz CT molecular complexity index is 588. The van der Waals surface area contributed by atoms with Gasteiger partial charge in [0.2, 0.25) is 0 Å². The molecular formula is C13H12BrFN2OS. The van der Waals surface area contributed by atoms with E-state index in [1.807, 2.05) is 12.1 Å². The number of amides is 2. The Hall–Kier alpha value is -1.40. The van der Waals surface area contributed by atoms with E-state index in [1.165, 1.54) is 17.0 Å². The smallest absolute Gasteiger partial charge is 0.321 e. The quantitative estimate of drug-likeness (QED) is 0.885. The van der Waals surface area contributed by atoms with Crippen LogP contribution in [0.2, 0.25) is 0 Å². The molecule has 0 unspecified atom stereocenters. The molecule has 6 heteroatoms. The molecule has 2 rings (SSSR count). The van der Waals surface area contributed by atoms with E-state index >= 15 is 0 Å². The molecule has 0 bridgehead atoms. The fourth-order valence-electron chi connectivity index (χ4n) is 1.52. The van der Waals surface area contributed by atoms with Crippen LogP contribution < -0.4 is 5.32 Å². The van der Waals surface area contributed by atoms with Crippen LogP contribution in [0, 0.1) is 5.82 Å². The van der Waals surface area contributed by atoms with Crippen LogP contribution in [0.3, 0.4) is 0 Å². The molecule has 1 aromatic carbocycles. The normalized spacial score (nSPS) is 10.3. The van der Waals surface area contributed by atoms with Crippen LogP contribution in [-0.4, -0.2) is 18.0 Å². The van der Waals surface area contributed by atoms with E-state index in [9.17, 15) is 9.18 Å². The number of anilines is 1. The van der Waals surface area contributed by atoms with Crippen molar-refractivity contribution >= 4 is 39.0 Å². The van der Waals surface area contributed by atoms with Crippen LogP contribution in [0.15, 0.2) is 40.2 Å². The van der Waals surface area contributed by atoms with Crippen LogP contribution in [-0.2, 0) is 6.54 Å². The highest BCUT2D eigenvalue weighted by Crippen LogP contribution is 2.23. The topological polar surface area (TPSA) is 32.3 Å². The summed E-state index contributed by atoms with van der Waals surface area (Å²) in [4.78, 5) is 14.5. The number of para-hydroxylation sites is 1. The zero-order valence-electron chi connectivity index (χ0n) is 10.2. The molecule has 1 N–H and O–H groups in total. The molecule has 19 heavy (non-hydrogen) atoms. The van der Waals surface area contributed by atoms with Crippen molar-refractivity contribution in [3.63, 3.8) is 0 Å². The molecule has 0 fully saturated rings. The van der Waals surface area contributed by atoms with Gasteiger partial charge in [-0.05, 0) is 40.2 Å². The van der Waals surface area contributed by atoms with E-state index in [1.54, 1.807) is 30.5 Å². The van der Waals surface area contributed by atoms with Crippen LogP contribution in [0.4, 0.5) is 14.9 Å². The summed E-state index contributed by atoms with van der Waals surface area (Å²) in [5.74, 6) is -0.442. The molecule has 0 saturated heterocycles. The highest BCUT2D eigenvalue weighted by molar-refractivity contribution is 9.11. The van der Waals surface area contributed by atoms with Crippen molar-refractivity contribution < 1.29 is 9.18 Å². The third kappa shape index (κ3) is 3.78. The second-order valence-electron chi connectivity index (χ2n) is 3.97. The average molecular weight is 343 g/mol. The summed E-state index contributed by atoms with van der Waals surface area (Å²) in [6, 6.07) is 9.64. The molecular weight excluding hydrogens is 331 g/mol. The Morgan fingerprint density at radius 3 is 2.74 bits per heavy atom. The number of nitrogens with one attached hydrogen (secondary N) is 1. The molecule has 0 spiro atoms. The summed E-state index contributed by atoms with van der Waals surface area (Å²) >= 11 is 4.94. The maximum atomic E-state index is 13.4. The number of thiophene rings is 1. The minimum atomic E-state index is -0.442. The van der Waals surface area contributed by atoms with E-state index < -0.39 is 5.82 Å². The number of halogens is 2. The van der Waals surface area contributed by atoms with Crippen molar-refractivity contribution in [2.45, 2.75) is 6.54 Å².